The number of carbonyl (C=O) groups is 2. The highest BCUT2D eigenvalue weighted by Gasteiger charge is 2.42. The summed E-state index contributed by atoms with van der Waals surface area (Å²) in [6.45, 7) is 8.05. The van der Waals surface area contributed by atoms with Crippen molar-refractivity contribution in [3.63, 3.8) is 0 Å². The molecule has 0 aliphatic carbocycles. The number of rotatable bonds is 5. The van der Waals surface area contributed by atoms with Crippen LogP contribution in [-0.2, 0) is 4.79 Å². The van der Waals surface area contributed by atoms with Crippen LogP contribution in [0, 0.1) is 19.8 Å². The van der Waals surface area contributed by atoms with Crippen molar-refractivity contribution in [2.24, 2.45) is 5.92 Å². The molecule has 5 rings (SSSR count). The summed E-state index contributed by atoms with van der Waals surface area (Å²) in [5.41, 5.74) is 5.30. The van der Waals surface area contributed by atoms with E-state index in [-0.39, 0.29) is 23.7 Å². The van der Waals surface area contributed by atoms with E-state index in [1.165, 1.54) is 11.3 Å². The molecule has 6 nitrogen and oxygen atoms in total. The van der Waals surface area contributed by atoms with Crippen molar-refractivity contribution < 1.29 is 14.3 Å². The molecule has 0 radical (unpaired) electrons. The number of methoxy groups -OCH3 is 1. The van der Waals surface area contributed by atoms with Gasteiger partial charge in [0, 0.05) is 56.4 Å². The Labute approximate surface area is 219 Å². The van der Waals surface area contributed by atoms with Crippen LogP contribution in [0.4, 0.5) is 5.69 Å². The van der Waals surface area contributed by atoms with E-state index in [0.717, 1.165) is 30.0 Å². The van der Waals surface area contributed by atoms with Gasteiger partial charge in [-0.3, -0.25) is 9.59 Å². The van der Waals surface area contributed by atoms with Gasteiger partial charge in [0.25, 0.3) is 5.91 Å². The minimum Gasteiger partial charge on any atom is -0.497 e. The highest BCUT2D eigenvalue weighted by molar-refractivity contribution is 5.95. The van der Waals surface area contributed by atoms with Crippen LogP contribution < -0.4 is 9.64 Å². The summed E-state index contributed by atoms with van der Waals surface area (Å²) in [5, 5.41) is 0. The van der Waals surface area contributed by atoms with E-state index in [0.29, 0.717) is 31.7 Å². The van der Waals surface area contributed by atoms with Gasteiger partial charge in [-0.05, 0) is 55.3 Å². The third-order valence-corrected chi connectivity index (χ3v) is 7.79. The summed E-state index contributed by atoms with van der Waals surface area (Å²) >= 11 is 0. The minimum atomic E-state index is -0.286. The molecule has 0 aromatic heterocycles. The van der Waals surface area contributed by atoms with Crippen molar-refractivity contribution in [3.8, 4) is 5.75 Å². The van der Waals surface area contributed by atoms with Crippen LogP contribution >= 0.6 is 0 Å². The van der Waals surface area contributed by atoms with Gasteiger partial charge in [0.2, 0.25) is 5.91 Å². The number of nitrogens with zero attached hydrogens (tertiary/aromatic N) is 3. The first-order chi connectivity index (χ1) is 17.9. The molecule has 2 fully saturated rings. The standard InChI is InChI=1S/C31H35N3O3/c1-22-11-13-24(14-12-22)30(35)34-20-27(25-8-6-9-26(19-25)37-3)28(21-34)31(36)33-17-15-32(16-18-33)29-10-5-4-7-23(29)2/h4-14,19,27-28H,15-18,20-21H2,1-3H3/t27-,28+/m0/s1. The van der Waals surface area contributed by atoms with Gasteiger partial charge in [0.15, 0.2) is 0 Å². The lowest BCUT2D eigenvalue weighted by Gasteiger charge is -2.38. The lowest BCUT2D eigenvalue weighted by Crippen LogP contribution is -2.51. The topological polar surface area (TPSA) is 53.1 Å². The van der Waals surface area contributed by atoms with Crippen LogP contribution in [0.5, 0.6) is 5.75 Å². The Morgan fingerprint density at radius 3 is 2.24 bits per heavy atom. The Kier molecular flexibility index (Phi) is 7.17. The van der Waals surface area contributed by atoms with Gasteiger partial charge in [-0.15, -0.1) is 0 Å². The molecule has 0 saturated carbocycles. The molecular formula is C31H35N3O3. The number of likely N-dealkylation sites (tertiary alicyclic amines) is 1. The average molecular weight is 498 g/mol. The van der Waals surface area contributed by atoms with Gasteiger partial charge in [-0.1, -0.05) is 48.0 Å². The summed E-state index contributed by atoms with van der Waals surface area (Å²) in [5.74, 6) is 0.515. The molecule has 2 amide bonds. The van der Waals surface area contributed by atoms with Crippen molar-refractivity contribution in [2.45, 2.75) is 19.8 Å². The monoisotopic (exact) mass is 497 g/mol. The van der Waals surface area contributed by atoms with Crippen molar-refractivity contribution >= 4 is 17.5 Å². The second kappa shape index (κ2) is 10.7. The van der Waals surface area contributed by atoms with Crippen molar-refractivity contribution in [1.82, 2.24) is 9.80 Å². The Morgan fingerprint density at radius 1 is 0.811 bits per heavy atom. The summed E-state index contributed by atoms with van der Waals surface area (Å²) in [4.78, 5) is 33.5. The van der Waals surface area contributed by atoms with Gasteiger partial charge in [0.05, 0.1) is 13.0 Å². The van der Waals surface area contributed by atoms with Crippen LogP contribution in [0.1, 0.15) is 33.0 Å². The lowest BCUT2D eigenvalue weighted by molar-refractivity contribution is -0.135. The molecule has 6 heteroatoms. The SMILES string of the molecule is COc1cccc([C@@H]2CN(C(=O)c3ccc(C)cc3)C[C@H]2C(=O)N2CCN(c3ccccc3C)CC2)c1. The van der Waals surface area contributed by atoms with Crippen LogP contribution in [0.25, 0.3) is 0 Å². The molecule has 2 atom stereocenters. The van der Waals surface area contributed by atoms with E-state index in [1.807, 2.05) is 65.3 Å². The Morgan fingerprint density at radius 2 is 1.54 bits per heavy atom. The molecule has 192 valence electrons. The average Bonchev–Trinajstić information content (AvgIpc) is 3.39. The smallest absolute Gasteiger partial charge is 0.253 e. The molecule has 3 aromatic carbocycles. The first-order valence-corrected chi connectivity index (χ1v) is 13.0. The molecule has 0 spiro atoms. The Hall–Kier alpha value is -3.80. The molecule has 0 unspecified atom stereocenters. The molecular weight excluding hydrogens is 462 g/mol. The number of anilines is 1. The zero-order valence-electron chi connectivity index (χ0n) is 21.9. The number of benzene rings is 3. The third-order valence-electron chi connectivity index (χ3n) is 7.79. The number of para-hydroxylation sites is 1. The maximum atomic E-state index is 13.9. The van der Waals surface area contributed by atoms with E-state index in [4.69, 9.17) is 4.74 Å². The number of hydrogen-bond donors (Lipinski definition) is 0. The summed E-state index contributed by atoms with van der Waals surface area (Å²) in [6.07, 6.45) is 0. The Balaban J connectivity index is 1.35. The van der Waals surface area contributed by atoms with Crippen molar-refractivity contribution in [3.05, 3.63) is 95.1 Å². The highest BCUT2D eigenvalue weighted by atomic mass is 16.5. The number of carbonyl (C=O) groups excluding carboxylic acids is 2. The van der Waals surface area contributed by atoms with E-state index in [1.54, 1.807) is 7.11 Å². The van der Waals surface area contributed by atoms with E-state index in [2.05, 4.69) is 36.1 Å². The van der Waals surface area contributed by atoms with E-state index < -0.39 is 0 Å². The van der Waals surface area contributed by atoms with Crippen LogP contribution in [0.3, 0.4) is 0 Å². The van der Waals surface area contributed by atoms with Crippen molar-refractivity contribution in [1.29, 1.82) is 0 Å². The predicted octanol–water partition coefficient (Wildman–Crippen LogP) is 4.52. The van der Waals surface area contributed by atoms with Gasteiger partial charge < -0.3 is 19.4 Å². The van der Waals surface area contributed by atoms with E-state index >= 15 is 0 Å². The zero-order valence-corrected chi connectivity index (χ0v) is 21.9. The fourth-order valence-electron chi connectivity index (χ4n) is 5.63. The maximum Gasteiger partial charge on any atom is 0.253 e. The first-order valence-electron chi connectivity index (χ1n) is 13.0. The quantitative estimate of drug-likeness (QED) is 0.520. The molecule has 2 aliphatic rings. The first kappa shape index (κ1) is 24.9. The van der Waals surface area contributed by atoms with Gasteiger partial charge in [-0.2, -0.15) is 0 Å². The van der Waals surface area contributed by atoms with Gasteiger partial charge >= 0.3 is 0 Å². The number of hydrogen-bond acceptors (Lipinski definition) is 4. The summed E-state index contributed by atoms with van der Waals surface area (Å²) in [7, 11) is 1.65. The second-order valence-corrected chi connectivity index (χ2v) is 10.2. The molecule has 0 bridgehead atoms. The largest absolute Gasteiger partial charge is 0.497 e. The molecule has 2 heterocycles. The Bertz CT molecular complexity index is 1260. The van der Waals surface area contributed by atoms with Crippen LogP contribution in [-0.4, -0.2) is 68.0 Å². The minimum absolute atomic E-state index is 0.0208. The molecule has 2 aliphatic heterocycles. The normalized spacial score (nSPS) is 19.7. The number of piperazine rings is 1. The third kappa shape index (κ3) is 5.19. The highest BCUT2D eigenvalue weighted by Crippen LogP contribution is 2.36. The zero-order chi connectivity index (χ0) is 25.9. The lowest BCUT2D eigenvalue weighted by atomic mass is 9.87. The number of amides is 2. The van der Waals surface area contributed by atoms with Crippen molar-refractivity contribution in [2.75, 3.05) is 51.3 Å². The van der Waals surface area contributed by atoms with Gasteiger partial charge in [-0.25, -0.2) is 0 Å². The summed E-state index contributed by atoms with van der Waals surface area (Å²) in [6, 6.07) is 24.0. The van der Waals surface area contributed by atoms with Gasteiger partial charge in [0.1, 0.15) is 5.75 Å². The predicted molar refractivity (Wildman–Crippen MR) is 146 cm³/mol. The number of aryl methyl sites for hydroxylation is 2. The van der Waals surface area contributed by atoms with Crippen LogP contribution in [0.2, 0.25) is 0 Å². The number of ether oxygens (including phenoxy) is 1. The molecule has 3 aromatic rings. The summed E-state index contributed by atoms with van der Waals surface area (Å²) < 4.78 is 5.46. The van der Waals surface area contributed by atoms with Crippen LogP contribution in [0.15, 0.2) is 72.8 Å². The fourth-order valence-corrected chi connectivity index (χ4v) is 5.63. The fraction of sp³-hybridized carbons (Fsp3) is 0.355. The second-order valence-electron chi connectivity index (χ2n) is 10.2. The van der Waals surface area contributed by atoms with E-state index in [9.17, 15) is 9.59 Å². The maximum absolute atomic E-state index is 13.9. The molecule has 0 N–H and O–H groups in total. The molecule has 37 heavy (non-hydrogen) atoms. The molecule has 2 saturated heterocycles.